The molecule has 0 aliphatic rings. The van der Waals surface area contributed by atoms with E-state index in [1.165, 1.54) is 24.0 Å². The average molecular weight is 443 g/mol. The summed E-state index contributed by atoms with van der Waals surface area (Å²) in [6.07, 6.45) is 0.742. The van der Waals surface area contributed by atoms with E-state index in [0.717, 1.165) is 34.8 Å². The van der Waals surface area contributed by atoms with Crippen LogP contribution in [0.25, 0.3) is 0 Å². The third kappa shape index (κ3) is 5.06. The van der Waals surface area contributed by atoms with Gasteiger partial charge in [-0.3, -0.25) is 4.68 Å². The number of nitrogens with one attached hydrogen (secondary N) is 2. The summed E-state index contributed by atoms with van der Waals surface area (Å²) in [5.41, 5.74) is 4.91. The van der Waals surface area contributed by atoms with Gasteiger partial charge in [0.1, 0.15) is 5.00 Å². The van der Waals surface area contributed by atoms with Crippen molar-refractivity contribution < 1.29 is 9.53 Å². The third-order valence-electron chi connectivity index (χ3n) is 4.89. The first-order valence-electron chi connectivity index (χ1n) is 9.75. The summed E-state index contributed by atoms with van der Waals surface area (Å²) >= 11 is 6.99. The Morgan fingerprint density at radius 3 is 2.63 bits per heavy atom. The highest BCUT2D eigenvalue weighted by Crippen LogP contribution is 2.30. The van der Waals surface area contributed by atoms with Crippen LogP contribution in [0.3, 0.4) is 0 Å². The number of thiophene rings is 1. The van der Waals surface area contributed by atoms with Crippen molar-refractivity contribution in [3.05, 3.63) is 69.4 Å². The zero-order valence-electron chi connectivity index (χ0n) is 17.6. The number of aryl methyl sites for hydroxylation is 2. The van der Waals surface area contributed by atoms with Gasteiger partial charge in [-0.25, -0.2) is 4.79 Å². The Morgan fingerprint density at radius 1 is 1.27 bits per heavy atom. The van der Waals surface area contributed by atoms with E-state index < -0.39 is 0 Å². The van der Waals surface area contributed by atoms with Crippen molar-refractivity contribution >= 4 is 39.6 Å². The molecule has 0 saturated carbocycles. The van der Waals surface area contributed by atoms with Gasteiger partial charge in [0.05, 0.1) is 18.4 Å². The van der Waals surface area contributed by atoms with Crippen molar-refractivity contribution in [1.29, 1.82) is 0 Å². The molecule has 0 aliphatic heterocycles. The van der Waals surface area contributed by atoms with Gasteiger partial charge >= 0.3 is 5.97 Å². The molecule has 8 heteroatoms. The summed E-state index contributed by atoms with van der Waals surface area (Å²) in [4.78, 5) is 13.3. The quantitative estimate of drug-likeness (QED) is 0.416. The van der Waals surface area contributed by atoms with E-state index in [9.17, 15) is 4.79 Å². The normalized spacial score (nSPS) is 10.7. The Morgan fingerprint density at radius 2 is 2.00 bits per heavy atom. The number of nitrogens with zero attached hydrogens (tertiary/aromatic N) is 2. The van der Waals surface area contributed by atoms with Crippen molar-refractivity contribution in [2.45, 2.75) is 40.3 Å². The van der Waals surface area contributed by atoms with E-state index in [4.69, 9.17) is 17.0 Å². The SMILES string of the molecule is CCn1nc(C)c(CNC(=S)Nc2sc(Cc3ccccc3)cc2C(=O)OC)c1C. The molecule has 0 radical (unpaired) electrons. The first-order valence-corrected chi connectivity index (χ1v) is 11.0. The van der Waals surface area contributed by atoms with Crippen molar-refractivity contribution in [3.8, 4) is 0 Å². The molecule has 0 unspecified atom stereocenters. The van der Waals surface area contributed by atoms with Gasteiger partial charge in [-0.05, 0) is 44.6 Å². The second-order valence-electron chi connectivity index (χ2n) is 6.88. The first kappa shape index (κ1) is 22.0. The van der Waals surface area contributed by atoms with Gasteiger partial charge in [0.2, 0.25) is 0 Å². The van der Waals surface area contributed by atoms with Gasteiger partial charge in [-0.15, -0.1) is 11.3 Å². The van der Waals surface area contributed by atoms with E-state index >= 15 is 0 Å². The van der Waals surface area contributed by atoms with Crippen LogP contribution in [0.2, 0.25) is 0 Å². The largest absolute Gasteiger partial charge is 0.465 e. The van der Waals surface area contributed by atoms with Crippen LogP contribution in [-0.4, -0.2) is 28.0 Å². The predicted molar refractivity (Wildman–Crippen MR) is 125 cm³/mol. The number of aromatic nitrogens is 2. The van der Waals surface area contributed by atoms with Crippen LogP contribution < -0.4 is 10.6 Å². The zero-order valence-corrected chi connectivity index (χ0v) is 19.2. The summed E-state index contributed by atoms with van der Waals surface area (Å²) in [5.74, 6) is -0.383. The molecule has 0 saturated heterocycles. The molecule has 6 nitrogen and oxygen atoms in total. The number of anilines is 1. The van der Waals surface area contributed by atoms with E-state index in [1.807, 2.05) is 35.9 Å². The van der Waals surface area contributed by atoms with Gasteiger partial charge in [0.15, 0.2) is 5.11 Å². The standard InChI is InChI=1S/C22H26N4O2S2/c1-5-26-15(3)19(14(2)25-26)13-23-22(29)24-20-18(21(27)28-4)12-17(30-20)11-16-9-7-6-8-10-16/h6-10,12H,5,11,13H2,1-4H3,(H2,23,24,29). The van der Waals surface area contributed by atoms with Crippen LogP contribution in [0.15, 0.2) is 36.4 Å². The molecular formula is C22H26N4O2S2. The molecule has 0 atom stereocenters. The molecule has 2 heterocycles. The fourth-order valence-corrected chi connectivity index (χ4v) is 4.62. The summed E-state index contributed by atoms with van der Waals surface area (Å²) in [5, 5.41) is 12.1. The van der Waals surface area contributed by atoms with Crippen LogP contribution in [0.1, 0.15) is 44.7 Å². The number of ether oxygens (including phenoxy) is 1. The lowest BCUT2D eigenvalue weighted by molar-refractivity contribution is 0.0602. The number of methoxy groups -OCH3 is 1. The summed E-state index contributed by atoms with van der Waals surface area (Å²) < 4.78 is 6.93. The molecule has 30 heavy (non-hydrogen) atoms. The van der Waals surface area contributed by atoms with Crippen LogP contribution in [-0.2, 0) is 24.2 Å². The van der Waals surface area contributed by atoms with Gasteiger partial charge in [0, 0.05) is 35.6 Å². The Balaban J connectivity index is 1.72. The molecule has 0 aliphatic carbocycles. The van der Waals surface area contributed by atoms with E-state index in [1.54, 1.807) is 0 Å². The van der Waals surface area contributed by atoms with Crippen molar-refractivity contribution in [2.75, 3.05) is 12.4 Å². The van der Waals surface area contributed by atoms with Crippen LogP contribution in [0.4, 0.5) is 5.00 Å². The summed E-state index contributed by atoms with van der Waals surface area (Å²) in [7, 11) is 1.38. The molecule has 0 spiro atoms. The smallest absolute Gasteiger partial charge is 0.340 e. The second-order valence-corrected chi connectivity index (χ2v) is 8.43. The highest BCUT2D eigenvalue weighted by Gasteiger charge is 2.18. The van der Waals surface area contributed by atoms with Crippen LogP contribution in [0, 0.1) is 13.8 Å². The minimum Gasteiger partial charge on any atom is -0.465 e. The Labute approximate surface area is 186 Å². The third-order valence-corrected chi connectivity index (χ3v) is 6.19. The number of hydrogen-bond donors (Lipinski definition) is 2. The number of benzene rings is 1. The highest BCUT2D eigenvalue weighted by molar-refractivity contribution is 7.80. The monoisotopic (exact) mass is 442 g/mol. The molecule has 2 N–H and O–H groups in total. The fourth-order valence-electron chi connectivity index (χ4n) is 3.29. The molecule has 0 fully saturated rings. The molecule has 2 aromatic heterocycles. The van der Waals surface area contributed by atoms with E-state index in [-0.39, 0.29) is 5.97 Å². The first-order chi connectivity index (χ1) is 14.4. The van der Waals surface area contributed by atoms with Gasteiger partial charge in [-0.2, -0.15) is 5.10 Å². The van der Waals surface area contributed by atoms with Gasteiger partial charge in [0.25, 0.3) is 0 Å². The number of carbonyl (C=O) groups excluding carboxylic acids is 1. The maximum Gasteiger partial charge on any atom is 0.340 e. The highest BCUT2D eigenvalue weighted by atomic mass is 32.1. The molecule has 0 bridgehead atoms. The topological polar surface area (TPSA) is 68.2 Å². The minimum atomic E-state index is -0.383. The number of rotatable bonds is 7. The summed E-state index contributed by atoms with van der Waals surface area (Å²) in [6.45, 7) is 7.52. The Hall–Kier alpha value is -2.71. The number of thiocarbonyl (C=S) groups is 1. The van der Waals surface area contributed by atoms with Crippen LogP contribution >= 0.6 is 23.6 Å². The lowest BCUT2D eigenvalue weighted by atomic mass is 10.1. The molecule has 3 aromatic rings. The second kappa shape index (κ2) is 9.86. The maximum absolute atomic E-state index is 12.3. The number of esters is 1. The lowest BCUT2D eigenvalue weighted by Crippen LogP contribution is -2.28. The Kier molecular flexibility index (Phi) is 7.23. The predicted octanol–water partition coefficient (Wildman–Crippen LogP) is 4.45. The zero-order chi connectivity index (χ0) is 21.7. The van der Waals surface area contributed by atoms with Crippen molar-refractivity contribution in [1.82, 2.24) is 15.1 Å². The van der Waals surface area contributed by atoms with Crippen LogP contribution in [0.5, 0.6) is 0 Å². The van der Waals surface area contributed by atoms with E-state index in [0.29, 0.717) is 22.2 Å². The molecule has 3 rings (SSSR count). The Bertz CT molecular complexity index is 1040. The average Bonchev–Trinajstić information content (AvgIpc) is 3.26. The molecule has 1 aromatic carbocycles. The minimum absolute atomic E-state index is 0.383. The van der Waals surface area contributed by atoms with Crippen molar-refractivity contribution in [3.63, 3.8) is 0 Å². The molecule has 0 amide bonds. The maximum atomic E-state index is 12.3. The number of hydrogen-bond acceptors (Lipinski definition) is 5. The number of carbonyl (C=O) groups is 1. The van der Waals surface area contributed by atoms with Gasteiger partial charge in [-0.1, -0.05) is 30.3 Å². The van der Waals surface area contributed by atoms with Gasteiger partial charge < -0.3 is 15.4 Å². The molecule has 158 valence electrons. The molecular weight excluding hydrogens is 416 g/mol. The van der Waals surface area contributed by atoms with E-state index in [2.05, 4.69) is 41.7 Å². The lowest BCUT2D eigenvalue weighted by Gasteiger charge is -2.11. The fraction of sp³-hybridized carbons (Fsp3) is 0.318. The summed E-state index contributed by atoms with van der Waals surface area (Å²) in [6, 6.07) is 12.0. The van der Waals surface area contributed by atoms with Crippen molar-refractivity contribution in [2.24, 2.45) is 0 Å².